The molecule has 7 nitrogen and oxygen atoms in total. The molecule has 1 N–H and O–H groups in total. The third-order valence-corrected chi connectivity index (χ3v) is 4.91. The van der Waals surface area contributed by atoms with Crippen LogP contribution in [-0.2, 0) is 0 Å². The summed E-state index contributed by atoms with van der Waals surface area (Å²) in [4.78, 5) is 24.4. The predicted octanol–water partition coefficient (Wildman–Crippen LogP) is 4.46. The van der Waals surface area contributed by atoms with E-state index in [9.17, 15) is 9.59 Å². The van der Waals surface area contributed by atoms with Crippen LogP contribution in [0.4, 0.5) is 6.01 Å². The van der Waals surface area contributed by atoms with Crippen molar-refractivity contribution in [3.05, 3.63) is 61.1 Å². The van der Waals surface area contributed by atoms with E-state index in [0.717, 1.165) is 11.3 Å². The van der Waals surface area contributed by atoms with Crippen molar-refractivity contribution in [2.24, 2.45) is 0 Å². The Morgan fingerprint density at radius 3 is 2.69 bits per heavy atom. The Kier molecular flexibility index (Phi) is 4.23. The number of thiophene rings is 1. The fraction of sp³-hybridized carbons (Fsp3) is 0. The number of hydrogen-bond donors (Lipinski definition) is 1. The van der Waals surface area contributed by atoms with Gasteiger partial charge in [-0.2, -0.15) is 0 Å². The minimum Gasteiger partial charge on any atom is -0.422 e. The fourth-order valence-corrected chi connectivity index (χ4v) is 3.70. The van der Waals surface area contributed by atoms with Gasteiger partial charge in [-0.25, -0.2) is 4.79 Å². The molecule has 0 unspecified atom stereocenters. The highest BCUT2D eigenvalue weighted by molar-refractivity contribution is 7.20. The lowest BCUT2D eigenvalue weighted by atomic mass is 10.2. The van der Waals surface area contributed by atoms with Gasteiger partial charge in [-0.05, 0) is 18.2 Å². The first kappa shape index (κ1) is 16.8. The smallest absolute Gasteiger partial charge is 0.349 e. The molecule has 1 amide bonds. The molecule has 0 bridgehead atoms. The van der Waals surface area contributed by atoms with Crippen molar-refractivity contribution in [2.75, 3.05) is 5.32 Å². The van der Waals surface area contributed by atoms with Crippen molar-refractivity contribution in [3.63, 3.8) is 0 Å². The Bertz CT molecular complexity index is 1200. The Labute approximate surface area is 159 Å². The second-order valence-corrected chi connectivity index (χ2v) is 7.38. The second kappa shape index (κ2) is 6.56. The van der Waals surface area contributed by atoms with Crippen LogP contribution in [0.1, 0.15) is 10.4 Å². The van der Waals surface area contributed by atoms with Crippen molar-refractivity contribution >= 4 is 57.4 Å². The summed E-state index contributed by atoms with van der Waals surface area (Å²) in [5, 5.41) is 10.5. The first-order chi connectivity index (χ1) is 12.5. The maximum Gasteiger partial charge on any atom is 0.349 e. The molecule has 26 heavy (non-hydrogen) atoms. The van der Waals surface area contributed by atoms with Gasteiger partial charge in [0, 0.05) is 5.39 Å². The molecule has 0 aliphatic rings. The number of hydrogen-bond acceptors (Lipinski definition) is 7. The average Bonchev–Trinajstić information content (AvgIpc) is 3.19. The summed E-state index contributed by atoms with van der Waals surface area (Å²) >= 11 is 13.1. The minimum atomic E-state index is -0.770. The summed E-state index contributed by atoms with van der Waals surface area (Å²) < 4.78 is 11.3. The van der Waals surface area contributed by atoms with Crippen molar-refractivity contribution in [3.8, 4) is 11.5 Å². The molecule has 130 valence electrons. The normalized spacial score (nSPS) is 11.0. The highest BCUT2D eigenvalue weighted by atomic mass is 35.5. The maximum atomic E-state index is 12.4. The Morgan fingerprint density at radius 2 is 1.92 bits per heavy atom. The van der Waals surface area contributed by atoms with E-state index in [2.05, 4.69) is 15.5 Å². The zero-order chi connectivity index (χ0) is 18.3. The molecule has 0 spiro atoms. The van der Waals surface area contributed by atoms with Crippen molar-refractivity contribution in [1.29, 1.82) is 0 Å². The Morgan fingerprint density at radius 1 is 1.12 bits per heavy atom. The lowest BCUT2D eigenvalue weighted by Gasteiger charge is -2.01. The molecule has 0 fully saturated rings. The quantitative estimate of drug-likeness (QED) is 0.503. The largest absolute Gasteiger partial charge is 0.422 e. The zero-order valence-corrected chi connectivity index (χ0v) is 15.0. The van der Waals surface area contributed by atoms with Gasteiger partial charge in [0.2, 0.25) is 0 Å². The van der Waals surface area contributed by atoms with Gasteiger partial charge >= 0.3 is 11.6 Å². The topological polar surface area (TPSA) is 98.2 Å². The molecular weight excluding hydrogens is 401 g/mol. The molecule has 4 rings (SSSR count). The number of fused-ring (bicyclic) bond motifs is 1. The molecule has 4 aromatic rings. The van der Waals surface area contributed by atoms with Gasteiger partial charge in [0.1, 0.15) is 15.5 Å². The molecule has 10 heteroatoms. The van der Waals surface area contributed by atoms with Crippen molar-refractivity contribution < 1.29 is 13.6 Å². The van der Waals surface area contributed by atoms with Crippen LogP contribution in [-0.4, -0.2) is 16.1 Å². The van der Waals surface area contributed by atoms with Gasteiger partial charge in [0.25, 0.3) is 11.8 Å². The summed E-state index contributed by atoms with van der Waals surface area (Å²) in [5.41, 5.74) is -0.105. The molecule has 0 saturated heterocycles. The molecule has 0 aliphatic carbocycles. The number of carbonyl (C=O) groups is 1. The van der Waals surface area contributed by atoms with Gasteiger partial charge < -0.3 is 8.83 Å². The van der Waals surface area contributed by atoms with Crippen LogP contribution in [0.15, 0.2) is 50.0 Å². The lowest BCUT2D eigenvalue weighted by molar-refractivity contribution is 0.102. The maximum absolute atomic E-state index is 12.4. The number of halogens is 2. The van der Waals surface area contributed by atoms with Crippen LogP contribution in [0.5, 0.6) is 0 Å². The van der Waals surface area contributed by atoms with E-state index in [1.165, 1.54) is 6.07 Å². The molecule has 0 saturated carbocycles. The van der Waals surface area contributed by atoms with Crippen LogP contribution in [0.25, 0.3) is 22.4 Å². The summed E-state index contributed by atoms with van der Waals surface area (Å²) in [5.74, 6) is -0.631. The Balaban J connectivity index is 1.62. The van der Waals surface area contributed by atoms with Gasteiger partial charge in [-0.3, -0.25) is 10.1 Å². The SMILES string of the molecule is O=C(Nc1nnc(-c2cc(Cl)sc2Cl)o1)c1cc2ccccc2oc1=O. The molecule has 3 aromatic heterocycles. The highest BCUT2D eigenvalue weighted by Gasteiger charge is 2.19. The zero-order valence-electron chi connectivity index (χ0n) is 12.7. The molecular formula is C16H7Cl2N3O4S. The van der Waals surface area contributed by atoms with Crippen LogP contribution in [0.3, 0.4) is 0 Å². The summed E-state index contributed by atoms with van der Waals surface area (Å²) in [6, 6.07) is 9.68. The first-order valence-corrected chi connectivity index (χ1v) is 8.71. The van der Waals surface area contributed by atoms with Crippen molar-refractivity contribution in [2.45, 2.75) is 0 Å². The van der Waals surface area contributed by atoms with E-state index in [0.29, 0.717) is 25.2 Å². The predicted molar refractivity (Wildman–Crippen MR) is 98.1 cm³/mol. The average molecular weight is 408 g/mol. The number of benzene rings is 1. The number of amides is 1. The lowest BCUT2D eigenvalue weighted by Crippen LogP contribution is -2.20. The third kappa shape index (κ3) is 3.10. The number of anilines is 1. The molecule has 0 atom stereocenters. The van der Waals surface area contributed by atoms with E-state index < -0.39 is 11.5 Å². The minimum absolute atomic E-state index is 0.0963. The van der Waals surface area contributed by atoms with E-state index in [-0.39, 0.29) is 17.5 Å². The van der Waals surface area contributed by atoms with E-state index in [4.69, 9.17) is 32.0 Å². The van der Waals surface area contributed by atoms with Gasteiger partial charge in [0.05, 0.1) is 9.90 Å². The van der Waals surface area contributed by atoms with Gasteiger partial charge in [0.15, 0.2) is 0 Å². The van der Waals surface area contributed by atoms with E-state index >= 15 is 0 Å². The third-order valence-electron chi connectivity index (χ3n) is 3.42. The molecule has 3 heterocycles. The number of nitrogens with zero attached hydrogens (tertiary/aromatic N) is 2. The second-order valence-electron chi connectivity index (χ2n) is 5.09. The van der Waals surface area contributed by atoms with E-state index in [1.807, 2.05) is 0 Å². The van der Waals surface area contributed by atoms with Gasteiger partial charge in [-0.15, -0.1) is 16.4 Å². The first-order valence-electron chi connectivity index (χ1n) is 7.14. The monoisotopic (exact) mass is 407 g/mol. The number of aromatic nitrogens is 2. The molecule has 1 aromatic carbocycles. The van der Waals surface area contributed by atoms with Crippen molar-refractivity contribution in [1.82, 2.24) is 10.2 Å². The summed E-state index contributed by atoms with van der Waals surface area (Å²) in [6.07, 6.45) is 0. The van der Waals surface area contributed by atoms with Gasteiger partial charge in [-0.1, -0.05) is 46.5 Å². The summed E-state index contributed by atoms with van der Waals surface area (Å²) in [7, 11) is 0. The number of nitrogens with one attached hydrogen (secondary N) is 1. The fourth-order valence-electron chi connectivity index (χ4n) is 2.25. The molecule has 0 aliphatic heterocycles. The van der Waals surface area contributed by atoms with E-state index in [1.54, 1.807) is 30.3 Å². The highest BCUT2D eigenvalue weighted by Crippen LogP contribution is 2.37. The molecule has 0 radical (unpaired) electrons. The van der Waals surface area contributed by atoms with Crippen LogP contribution >= 0.6 is 34.5 Å². The standard InChI is InChI=1S/C16H7Cl2N3O4S/c17-11-6-8(12(18)26-11)14-20-21-16(25-14)19-13(22)9-5-7-3-1-2-4-10(7)24-15(9)23/h1-6H,(H,19,21,22). The number of carbonyl (C=O) groups excluding carboxylic acids is 1. The Hall–Kier alpha value is -2.68. The number of rotatable bonds is 3. The van der Waals surface area contributed by atoms with Crippen LogP contribution in [0, 0.1) is 0 Å². The summed E-state index contributed by atoms with van der Waals surface area (Å²) in [6.45, 7) is 0. The number of para-hydroxylation sites is 1. The van der Waals surface area contributed by atoms with Crippen LogP contribution in [0.2, 0.25) is 8.67 Å². The van der Waals surface area contributed by atoms with Crippen LogP contribution < -0.4 is 10.9 Å².